The van der Waals surface area contributed by atoms with Gasteiger partial charge < -0.3 is 23.7 Å². The molecule has 2 aliphatic heterocycles. The fraction of sp³-hybridized carbons (Fsp3) is 0.435. The molecule has 0 saturated heterocycles. The molecule has 0 radical (unpaired) electrons. The molecule has 3 heterocycles. The molecule has 0 aliphatic carbocycles. The quantitative estimate of drug-likeness (QED) is 0.629. The second kappa shape index (κ2) is 9.44. The van der Waals surface area contributed by atoms with E-state index in [4.69, 9.17) is 19.3 Å². The van der Waals surface area contributed by atoms with Crippen molar-refractivity contribution in [1.82, 2.24) is 14.5 Å². The number of nitrogens with zero attached hydrogens (tertiary/aromatic N) is 4. The number of carbonyl (C=O) groups is 2. The number of hydrogen-bond donors (Lipinski definition) is 0. The lowest BCUT2D eigenvalue weighted by Gasteiger charge is -2.26. The third kappa shape index (κ3) is 4.34. The van der Waals surface area contributed by atoms with Crippen LogP contribution in [0.5, 0.6) is 11.5 Å². The van der Waals surface area contributed by atoms with Crippen LogP contribution in [0, 0.1) is 0 Å². The van der Waals surface area contributed by atoms with Gasteiger partial charge in [0, 0.05) is 39.7 Å². The Labute approximate surface area is 187 Å². The van der Waals surface area contributed by atoms with Crippen LogP contribution in [0.4, 0.5) is 0 Å². The van der Waals surface area contributed by atoms with Gasteiger partial charge in [-0.05, 0) is 29.8 Å². The SMILES string of the molecule is CCC(=O)N(CCOC)CC(=O)N1N=C(c2cccn2C)C[C@@H]1c1ccc2c(c1)OCO2. The van der Waals surface area contributed by atoms with Crippen molar-refractivity contribution in [3.8, 4) is 11.5 Å². The average molecular weight is 441 g/mol. The summed E-state index contributed by atoms with van der Waals surface area (Å²) in [5.74, 6) is 1.01. The number of methoxy groups -OCH3 is 1. The molecular formula is C23H28N4O5. The normalized spacial score (nSPS) is 16.9. The Hall–Kier alpha value is -3.33. The number of aryl methyl sites for hydroxylation is 1. The van der Waals surface area contributed by atoms with Crippen molar-refractivity contribution in [2.75, 3.05) is 33.6 Å². The largest absolute Gasteiger partial charge is 0.454 e. The second-order valence-corrected chi connectivity index (χ2v) is 7.78. The van der Waals surface area contributed by atoms with E-state index in [0.29, 0.717) is 37.5 Å². The Morgan fingerprint density at radius 3 is 2.78 bits per heavy atom. The molecule has 4 rings (SSSR count). The van der Waals surface area contributed by atoms with Crippen LogP contribution in [0.2, 0.25) is 0 Å². The summed E-state index contributed by atoms with van der Waals surface area (Å²) in [5.41, 5.74) is 2.67. The Kier molecular flexibility index (Phi) is 6.45. The molecule has 0 bridgehead atoms. The van der Waals surface area contributed by atoms with Crippen LogP contribution in [0.25, 0.3) is 0 Å². The van der Waals surface area contributed by atoms with E-state index in [0.717, 1.165) is 17.0 Å². The topological polar surface area (TPSA) is 85.6 Å². The molecule has 2 aliphatic rings. The maximum Gasteiger partial charge on any atom is 0.262 e. The van der Waals surface area contributed by atoms with Gasteiger partial charge in [-0.3, -0.25) is 9.59 Å². The Balaban J connectivity index is 1.62. The lowest BCUT2D eigenvalue weighted by molar-refractivity contribution is -0.141. The zero-order valence-corrected chi connectivity index (χ0v) is 18.6. The third-order valence-corrected chi connectivity index (χ3v) is 5.73. The van der Waals surface area contributed by atoms with Gasteiger partial charge in [-0.15, -0.1) is 0 Å². The minimum Gasteiger partial charge on any atom is -0.454 e. The number of ether oxygens (including phenoxy) is 3. The monoisotopic (exact) mass is 440 g/mol. The van der Waals surface area contributed by atoms with Crippen LogP contribution < -0.4 is 9.47 Å². The molecule has 2 aromatic rings. The molecule has 1 aromatic carbocycles. The molecule has 0 unspecified atom stereocenters. The molecule has 0 spiro atoms. The summed E-state index contributed by atoms with van der Waals surface area (Å²) < 4.78 is 18.1. The minimum atomic E-state index is -0.303. The summed E-state index contributed by atoms with van der Waals surface area (Å²) in [6, 6.07) is 9.31. The number of hydrazone groups is 1. The Morgan fingerprint density at radius 2 is 2.06 bits per heavy atom. The predicted octanol–water partition coefficient (Wildman–Crippen LogP) is 2.32. The number of hydrogen-bond acceptors (Lipinski definition) is 6. The van der Waals surface area contributed by atoms with Crippen LogP contribution in [-0.4, -0.2) is 65.6 Å². The molecule has 170 valence electrons. The van der Waals surface area contributed by atoms with Crippen molar-refractivity contribution in [1.29, 1.82) is 0 Å². The Morgan fingerprint density at radius 1 is 1.25 bits per heavy atom. The highest BCUT2D eigenvalue weighted by atomic mass is 16.7. The Bertz CT molecular complexity index is 1030. The molecule has 9 heteroatoms. The first-order valence-electron chi connectivity index (χ1n) is 10.7. The van der Waals surface area contributed by atoms with Crippen molar-refractivity contribution in [3.05, 3.63) is 47.8 Å². The van der Waals surface area contributed by atoms with Crippen molar-refractivity contribution in [2.24, 2.45) is 12.1 Å². The minimum absolute atomic E-state index is 0.0546. The standard InChI is InChI=1S/C23H28N4O5/c1-4-22(28)26(10-11-30-3)14-23(29)27-19(13-17(24-27)18-6-5-9-25(18)2)16-7-8-20-21(12-16)32-15-31-20/h5-9,12,19H,4,10-11,13-15H2,1-3H3/t19-/m1/s1. The summed E-state index contributed by atoms with van der Waals surface area (Å²) in [7, 11) is 3.52. The molecule has 0 N–H and O–H groups in total. The summed E-state index contributed by atoms with van der Waals surface area (Å²) in [6.07, 6.45) is 2.83. The highest BCUT2D eigenvalue weighted by molar-refractivity contribution is 6.02. The maximum atomic E-state index is 13.4. The first-order chi connectivity index (χ1) is 15.5. The van der Waals surface area contributed by atoms with Crippen LogP contribution in [0.1, 0.15) is 37.1 Å². The molecule has 32 heavy (non-hydrogen) atoms. The number of carbonyl (C=O) groups excluding carboxylic acids is 2. The molecular weight excluding hydrogens is 412 g/mol. The van der Waals surface area contributed by atoms with E-state index >= 15 is 0 Å². The van der Waals surface area contributed by atoms with Gasteiger partial charge in [0.1, 0.15) is 6.54 Å². The van der Waals surface area contributed by atoms with Crippen LogP contribution in [0.15, 0.2) is 41.6 Å². The van der Waals surface area contributed by atoms with E-state index in [-0.39, 0.29) is 31.2 Å². The predicted molar refractivity (Wildman–Crippen MR) is 117 cm³/mol. The van der Waals surface area contributed by atoms with Crippen LogP contribution in [0.3, 0.4) is 0 Å². The third-order valence-electron chi connectivity index (χ3n) is 5.73. The molecule has 9 nitrogen and oxygen atoms in total. The maximum absolute atomic E-state index is 13.4. The van der Waals surface area contributed by atoms with Crippen molar-refractivity contribution in [2.45, 2.75) is 25.8 Å². The van der Waals surface area contributed by atoms with Gasteiger partial charge in [0.2, 0.25) is 12.7 Å². The van der Waals surface area contributed by atoms with E-state index < -0.39 is 0 Å². The van der Waals surface area contributed by atoms with Gasteiger partial charge >= 0.3 is 0 Å². The molecule has 2 amide bonds. The molecule has 0 saturated carbocycles. The summed E-state index contributed by atoms with van der Waals surface area (Å²) in [6.45, 7) is 2.63. The van der Waals surface area contributed by atoms with Crippen molar-refractivity contribution >= 4 is 17.5 Å². The van der Waals surface area contributed by atoms with Crippen LogP contribution >= 0.6 is 0 Å². The van der Waals surface area contributed by atoms with Gasteiger partial charge in [0.15, 0.2) is 11.5 Å². The lowest BCUT2D eigenvalue weighted by Crippen LogP contribution is -2.42. The summed E-state index contributed by atoms with van der Waals surface area (Å²) in [4.78, 5) is 27.3. The van der Waals surface area contributed by atoms with E-state index in [9.17, 15) is 9.59 Å². The van der Waals surface area contributed by atoms with Gasteiger partial charge in [-0.2, -0.15) is 5.10 Å². The highest BCUT2D eigenvalue weighted by Crippen LogP contribution is 2.39. The van der Waals surface area contributed by atoms with E-state index in [1.54, 1.807) is 14.0 Å². The average Bonchev–Trinajstić information content (AvgIpc) is 3.54. The number of fused-ring (bicyclic) bond motifs is 1. The lowest BCUT2D eigenvalue weighted by atomic mass is 10.00. The number of aromatic nitrogens is 1. The number of rotatable bonds is 8. The number of benzene rings is 1. The van der Waals surface area contributed by atoms with E-state index in [1.165, 1.54) is 9.91 Å². The smallest absolute Gasteiger partial charge is 0.262 e. The van der Waals surface area contributed by atoms with Gasteiger partial charge in [-0.25, -0.2) is 5.01 Å². The first kappa shape index (κ1) is 21.9. The van der Waals surface area contributed by atoms with Gasteiger partial charge in [-0.1, -0.05) is 13.0 Å². The second-order valence-electron chi connectivity index (χ2n) is 7.78. The molecule has 1 aromatic heterocycles. The van der Waals surface area contributed by atoms with Crippen molar-refractivity contribution < 1.29 is 23.8 Å². The van der Waals surface area contributed by atoms with E-state index in [1.807, 2.05) is 48.1 Å². The van der Waals surface area contributed by atoms with Gasteiger partial charge in [0.25, 0.3) is 5.91 Å². The molecule has 1 atom stereocenters. The summed E-state index contributed by atoms with van der Waals surface area (Å²) in [5, 5.41) is 6.20. The van der Waals surface area contributed by atoms with Gasteiger partial charge in [0.05, 0.1) is 24.1 Å². The van der Waals surface area contributed by atoms with Crippen molar-refractivity contribution in [3.63, 3.8) is 0 Å². The zero-order chi connectivity index (χ0) is 22.7. The molecule has 0 fully saturated rings. The van der Waals surface area contributed by atoms with E-state index in [2.05, 4.69) is 0 Å². The first-order valence-corrected chi connectivity index (χ1v) is 10.7. The zero-order valence-electron chi connectivity index (χ0n) is 18.6. The number of amides is 2. The highest BCUT2D eigenvalue weighted by Gasteiger charge is 2.35. The summed E-state index contributed by atoms with van der Waals surface area (Å²) >= 11 is 0. The van der Waals surface area contributed by atoms with Crippen LogP contribution in [-0.2, 0) is 21.4 Å². The fourth-order valence-electron chi connectivity index (χ4n) is 3.99. The fourth-order valence-corrected chi connectivity index (χ4v) is 3.99.